The van der Waals surface area contributed by atoms with Gasteiger partial charge in [-0.1, -0.05) is 0 Å². The highest BCUT2D eigenvalue weighted by atomic mass is 16.5. The Morgan fingerprint density at radius 3 is 2.82 bits per heavy atom. The summed E-state index contributed by atoms with van der Waals surface area (Å²) >= 11 is 0. The smallest absolute Gasteiger partial charge is 0.305 e. The lowest BCUT2D eigenvalue weighted by molar-refractivity contribution is -0.137. The van der Waals surface area contributed by atoms with Crippen LogP contribution in [0.4, 0.5) is 0 Å². The summed E-state index contributed by atoms with van der Waals surface area (Å²) < 4.78 is 6.66. The second kappa shape index (κ2) is 5.33. The molecule has 1 amide bonds. The van der Waals surface area contributed by atoms with Crippen molar-refractivity contribution in [3.8, 4) is 5.88 Å². The van der Waals surface area contributed by atoms with Gasteiger partial charge in [-0.15, -0.1) is 0 Å². The second-order valence-corrected chi connectivity index (χ2v) is 3.57. The summed E-state index contributed by atoms with van der Waals surface area (Å²) in [5, 5.41) is 15.4. The van der Waals surface area contributed by atoms with E-state index in [4.69, 9.17) is 9.84 Å². The summed E-state index contributed by atoms with van der Waals surface area (Å²) in [4.78, 5) is 21.3. The van der Waals surface area contributed by atoms with Crippen LogP contribution in [0.5, 0.6) is 5.88 Å². The van der Waals surface area contributed by atoms with E-state index in [1.807, 2.05) is 0 Å². The number of hydrogen-bond donors (Lipinski definition) is 2. The molecule has 1 rings (SSSR count). The van der Waals surface area contributed by atoms with E-state index >= 15 is 0 Å². The van der Waals surface area contributed by atoms with Crippen molar-refractivity contribution in [3.63, 3.8) is 0 Å². The van der Waals surface area contributed by atoms with Crippen molar-refractivity contribution in [2.45, 2.75) is 19.4 Å². The first kappa shape index (κ1) is 13.0. The number of methoxy groups -OCH3 is 1. The molecule has 0 spiro atoms. The van der Waals surface area contributed by atoms with Gasteiger partial charge in [0.05, 0.1) is 30.8 Å². The zero-order valence-electron chi connectivity index (χ0n) is 9.93. The highest BCUT2D eigenvalue weighted by molar-refractivity contribution is 5.69. The molecular weight excluding hydrogens is 226 g/mol. The topological polar surface area (TPSA) is 93.4 Å². The van der Waals surface area contributed by atoms with Crippen molar-refractivity contribution in [1.29, 1.82) is 0 Å². The van der Waals surface area contributed by atoms with Crippen LogP contribution in [-0.4, -0.2) is 34.4 Å². The summed E-state index contributed by atoms with van der Waals surface area (Å²) in [5.74, 6) is -0.558. The lowest BCUT2D eigenvalue weighted by Crippen LogP contribution is -2.23. The van der Waals surface area contributed by atoms with Gasteiger partial charge in [0, 0.05) is 7.05 Å². The van der Waals surface area contributed by atoms with E-state index < -0.39 is 12.0 Å². The monoisotopic (exact) mass is 241 g/mol. The zero-order valence-corrected chi connectivity index (χ0v) is 9.93. The van der Waals surface area contributed by atoms with Crippen LogP contribution >= 0.6 is 0 Å². The van der Waals surface area contributed by atoms with E-state index in [0.717, 1.165) is 0 Å². The van der Waals surface area contributed by atoms with E-state index in [1.54, 1.807) is 14.0 Å². The molecule has 0 bridgehead atoms. The van der Waals surface area contributed by atoms with Crippen LogP contribution in [0.1, 0.15) is 23.7 Å². The van der Waals surface area contributed by atoms with E-state index in [-0.39, 0.29) is 6.42 Å². The Labute approximate surface area is 98.4 Å². The molecule has 17 heavy (non-hydrogen) atoms. The lowest BCUT2D eigenvalue weighted by atomic mass is 10.0. The van der Waals surface area contributed by atoms with Gasteiger partial charge in [-0.2, -0.15) is 5.10 Å². The van der Waals surface area contributed by atoms with Gasteiger partial charge in [0.2, 0.25) is 12.3 Å². The number of rotatable bonds is 6. The predicted octanol–water partition coefficient (Wildman–Crippen LogP) is -0.00108. The molecule has 0 radical (unpaired) electrons. The Balaban J connectivity index is 3.16. The van der Waals surface area contributed by atoms with Gasteiger partial charge in [0.25, 0.3) is 0 Å². The summed E-state index contributed by atoms with van der Waals surface area (Å²) in [7, 11) is 3.16. The molecule has 1 heterocycles. The Kier molecular flexibility index (Phi) is 4.08. The van der Waals surface area contributed by atoms with E-state index in [2.05, 4.69) is 10.4 Å². The number of amides is 1. The molecule has 7 nitrogen and oxygen atoms in total. The third-order valence-electron chi connectivity index (χ3n) is 2.40. The van der Waals surface area contributed by atoms with Crippen molar-refractivity contribution in [3.05, 3.63) is 11.3 Å². The van der Waals surface area contributed by atoms with Gasteiger partial charge in [-0.3, -0.25) is 9.59 Å². The molecule has 0 saturated carbocycles. The Hall–Kier alpha value is -2.05. The third kappa shape index (κ3) is 2.74. The number of aliphatic carboxylic acids is 1. The summed E-state index contributed by atoms with van der Waals surface area (Å²) in [5.41, 5.74) is 1.22. The van der Waals surface area contributed by atoms with Crippen molar-refractivity contribution in [2.24, 2.45) is 7.05 Å². The highest BCUT2D eigenvalue weighted by Gasteiger charge is 2.24. The fourth-order valence-corrected chi connectivity index (χ4v) is 1.80. The van der Waals surface area contributed by atoms with Crippen LogP contribution in [-0.2, 0) is 16.6 Å². The lowest BCUT2D eigenvalue weighted by Gasteiger charge is -2.15. The number of aryl methyl sites for hydroxylation is 2. The molecule has 0 aliphatic carbocycles. The molecular formula is C10H15N3O4. The zero-order chi connectivity index (χ0) is 13.0. The minimum absolute atomic E-state index is 0.221. The quantitative estimate of drug-likeness (QED) is 0.684. The number of carbonyl (C=O) groups is 2. The first-order valence-electron chi connectivity index (χ1n) is 5.00. The number of carboxylic acid groups (broad SMARTS) is 1. The summed E-state index contributed by atoms with van der Waals surface area (Å²) in [6, 6.07) is -0.645. The van der Waals surface area contributed by atoms with E-state index in [9.17, 15) is 9.59 Å². The van der Waals surface area contributed by atoms with Crippen molar-refractivity contribution in [1.82, 2.24) is 15.1 Å². The molecule has 1 aromatic heterocycles. The van der Waals surface area contributed by atoms with E-state index in [1.165, 1.54) is 11.8 Å². The van der Waals surface area contributed by atoms with Gasteiger partial charge in [0.15, 0.2) is 0 Å². The average molecular weight is 241 g/mol. The molecule has 0 fully saturated rings. The van der Waals surface area contributed by atoms with Gasteiger partial charge in [-0.05, 0) is 6.92 Å². The fourth-order valence-electron chi connectivity index (χ4n) is 1.80. The molecule has 7 heteroatoms. The molecule has 0 aromatic carbocycles. The number of hydrogen-bond acceptors (Lipinski definition) is 4. The van der Waals surface area contributed by atoms with Gasteiger partial charge < -0.3 is 15.2 Å². The largest absolute Gasteiger partial charge is 0.481 e. The first-order valence-corrected chi connectivity index (χ1v) is 5.00. The fraction of sp³-hybridized carbons (Fsp3) is 0.500. The number of carboxylic acids is 1. The molecule has 0 saturated heterocycles. The molecule has 0 aliphatic heterocycles. The Bertz CT molecular complexity index is 427. The molecule has 1 aromatic rings. The van der Waals surface area contributed by atoms with Crippen LogP contribution in [0.15, 0.2) is 0 Å². The van der Waals surface area contributed by atoms with Crippen molar-refractivity contribution >= 4 is 12.4 Å². The molecule has 0 aliphatic rings. The van der Waals surface area contributed by atoms with Crippen LogP contribution < -0.4 is 10.1 Å². The minimum Gasteiger partial charge on any atom is -0.481 e. The van der Waals surface area contributed by atoms with Gasteiger partial charge in [-0.25, -0.2) is 4.68 Å². The number of aromatic nitrogens is 2. The predicted molar refractivity (Wildman–Crippen MR) is 58.7 cm³/mol. The molecule has 0 unspecified atom stereocenters. The number of nitrogens with one attached hydrogen (secondary N) is 1. The van der Waals surface area contributed by atoms with Crippen molar-refractivity contribution in [2.75, 3.05) is 7.11 Å². The van der Waals surface area contributed by atoms with Crippen LogP contribution in [0, 0.1) is 6.92 Å². The normalized spacial score (nSPS) is 11.9. The highest BCUT2D eigenvalue weighted by Crippen LogP contribution is 2.29. The number of ether oxygens (including phenoxy) is 1. The Morgan fingerprint density at radius 2 is 2.35 bits per heavy atom. The number of nitrogens with zero attached hydrogens (tertiary/aromatic N) is 2. The van der Waals surface area contributed by atoms with Crippen LogP contribution in [0.25, 0.3) is 0 Å². The minimum atomic E-state index is -1.00. The SMILES string of the molecule is COc1c([C@@H](CC(=O)O)NC=O)c(C)nn1C. The summed E-state index contributed by atoms with van der Waals surface area (Å²) in [6.45, 7) is 1.74. The van der Waals surface area contributed by atoms with Crippen molar-refractivity contribution < 1.29 is 19.4 Å². The standard InChI is InChI=1S/C10H15N3O4/c1-6-9(10(17-3)13(2)12-6)7(11-5-14)4-8(15)16/h5,7H,4H2,1-3H3,(H,11,14)(H,15,16)/t7-/m1/s1. The summed E-state index contributed by atoms with van der Waals surface area (Å²) in [6.07, 6.45) is 0.251. The molecule has 2 N–H and O–H groups in total. The molecule has 94 valence electrons. The third-order valence-corrected chi connectivity index (χ3v) is 2.40. The van der Waals surface area contributed by atoms with E-state index in [0.29, 0.717) is 23.5 Å². The van der Waals surface area contributed by atoms with Gasteiger partial charge in [0.1, 0.15) is 0 Å². The van der Waals surface area contributed by atoms with Crippen LogP contribution in [0.3, 0.4) is 0 Å². The molecule has 1 atom stereocenters. The Morgan fingerprint density at radius 1 is 1.71 bits per heavy atom. The maximum Gasteiger partial charge on any atom is 0.305 e. The first-order chi connectivity index (χ1) is 8.01. The maximum atomic E-state index is 10.8. The maximum absolute atomic E-state index is 10.8. The van der Waals surface area contributed by atoms with Gasteiger partial charge >= 0.3 is 5.97 Å². The number of carbonyl (C=O) groups excluding carboxylic acids is 1. The average Bonchev–Trinajstić information content (AvgIpc) is 2.51. The van der Waals surface area contributed by atoms with Crippen LogP contribution in [0.2, 0.25) is 0 Å². The second-order valence-electron chi connectivity index (χ2n) is 3.57.